The Bertz CT molecular complexity index is 886. The predicted molar refractivity (Wildman–Crippen MR) is 103 cm³/mol. The summed E-state index contributed by atoms with van der Waals surface area (Å²) in [5.74, 6) is -0.421. The first-order chi connectivity index (χ1) is 14.5. The van der Waals surface area contributed by atoms with Crippen LogP contribution >= 0.6 is 0 Å². The largest absolute Gasteiger partial charge is 0.416 e. The van der Waals surface area contributed by atoms with Gasteiger partial charge in [0.1, 0.15) is 5.82 Å². The quantitative estimate of drug-likeness (QED) is 0.702. The van der Waals surface area contributed by atoms with Gasteiger partial charge in [-0.2, -0.15) is 26.3 Å². The summed E-state index contributed by atoms with van der Waals surface area (Å²) in [6, 6.07) is 3.90. The number of piperazine rings is 1. The number of nitrogens with zero attached hydrogens (tertiary/aromatic N) is 3. The zero-order chi connectivity index (χ0) is 22.8. The number of aromatic nitrogens is 1. The van der Waals surface area contributed by atoms with Crippen molar-refractivity contribution in [1.29, 1.82) is 0 Å². The Kier molecular flexibility index (Phi) is 6.44. The van der Waals surface area contributed by atoms with Crippen LogP contribution in [0.3, 0.4) is 0 Å². The molecule has 5 nitrogen and oxygen atoms in total. The number of anilines is 2. The van der Waals surface area contributed by atoms with Gasteiger partial charge in [0.25, 0.3) is 5.91 Å². The number of pyridine rings is 1. The van der Waals surface area contributed by atoms with Gasteiger partial charge >= 0.3 is 12.4 Å². The predicted octanol–water partition coefficient (Wildman–Crippen LogP) is 4.51. The Morgan fingerprint density at radius 1 is 0.968 bits per heavy atom. The molecule has 2 aromatic rings. The minimum atomic E-state index is -5.03. The molecule has 11 heteroatoms. The maximum Gasteiger partial charge on any atom is 0.416 e. The minimum absolute atomic E-state index is 0.0224. The van der Waals surface area contributed by atoms with Crippen molar-refractivity contribution < 1.29 is 31.1 Å². The number of alkyl halides is 6. The standard InChI is InChI=1S/C20H20F6N4O/c1-2-29-5-7-30(8-6-29)17-4-3-16(12-27-17)28-18(31)13-9-14(19(21,22)23)11-15(10-13)20(24,25)26/h3-4,9-12H,2,5-8H2,1H3,(H,28,31). The third-order valence-corrected chi connectivity index (χ3v) is 5.00. The number of hydrogen-bond acceptors (Lipinski definition) is 4. The Morgan fingerprint density at radius 2 is 1.55 bits per heavy atom. The molecule has 0 bridgehead atoms. The van der Waals surface area contributed by atoms with Gasteiger partial charge < -0.3 is 15.1 Å². The summed E-state index contributed by atoms with van der Waals surface area (Å²) in [6.07, 6.45) is -8.74. The summed E-state index contributed by atoms with van der Waals surface area (Å²) in [6.45, 7) is 6.35. The van der Waals surface area contributed by atoms with Crippen molar-refractivity contribution >= 4 is 17.4 Å². The molecule has 2 heterocycles. The molecule has 1 N–H and O–H groups in total. The Morgan fingerprint density at radius 3 is 2.00 bits per heavy atom. The Hall–Kier alpha value is -2.82. The zero-order valence-corrected chi connectivity index (χ0v) is 16.5. The number of rotatable bonds is 4. The number of benzene rings is 1. The summed E-state index contributed by atoms with van der Waals surface area (Å²) < 4.78 is 77.9. The highest BCUT2D eigenvalue weighted by Gasteiger charge is 2.37. The fourth-order valence-corrected chi connectivity index (χ4v) is 3.23. The van der Waals surface area contributed by atoms with Gasteiger partial charge in [-0.1, -0.05) is 6.92 Å². The molecule has 0 radical (unpaired) electrons. The third kappa shape index (κ3) is 5.66. The summed E-state index contributed by atoms with van der Waals surface area (Å²) >= 11 is 0. The van der Waals surface area contributed by atoms with Crippen LogP contribution in [0.5, 0.6) is 0 Å². The van der Waals surface area contributed by atoms with Gasteiger partial charge in [-0.15, -0.1) is 0 Å². The number of likely N-dealkylation sites (N-methyl/N-ethyl adjacent to an activating group) is 1. The van der Waals surface area contributed by atoms with Gasteiger partial charge in [0.2, 0.25) is 0 Å². The number of amides is 1. The van der Waals surface area contributed by atoms with Gasteiger partial charge in [0.15, 0.2) is 0 Å². The summed E-state index contributed by atoms with van der Waals surface area (Å²) in [5.41, 5.74) is -3.69. The van der Waals surface area contributed by atoms with Crippen LogP contribution in [0.2, 0.25) is 0 Å². The highest BCUT2D eigenvalue weighted by molar-refractivity contribution is 6.04. The second-order valence-corrected chi connectivity index (χ2v) is 7.08. The van der Waals surface area contributed by atoms with Crippen LogP contribution in [0, 0.1) is 0 Å². The molecule has 1 amide bonds. The lowest BCUT2D eigenvalue weighted by atomic mass is 10.0. The summed E-state index contributed by atoms with van der Waals surface area (Å²) in [5, 5.41) is 2.30. The monoisotopic (exact) mass is 446 g/mol. The Labute approximate surface area is 174 Å². The average Bonchev–Trinajstić information content (AvgIpc) is 2.73. The number of halogens is 6. The molecule has 0 atom stereocenters. The molecule has 0 spiro atoms. The average molecular weight is 446 g/mol. The number of hydrogen-bond donors (Lipinski definition) is 1. The first kappa shape index (κ1) is 22.9. The van der Waals surface area contributed by atoms with E-state index in [2.05, 4.69) is 27.0 Å². The maximum atomic E-state index is 13.0. The molecule has 0 aliphatic carbocycles. The second kappa shape index (κ2) is 8.74. The van der Waals surface area contributed by atoms with Crippen molar-refractivity contribution in [2.45, 2.75) is 19.3 Å². The lowest BCUT2D eigenvalue weighted by Gasteiger charge is -2.34. The third-order valence-electron chi connectivity index (χ3n) is 5.00. The van der Waals surface area contributed by atoms with E-state index in [1.807, 2.05) is 0 Å². The molecule has 168 valence electrons. The van der Waals surface area contributed by atoms with E-state index in [0.29, 0.717) is 18.0 Å². The van der Waals surface area contributed by atoms with E-state index in [4.69, 9.17) is 0 Å². The Balaban J connectivity index is 1.75. The highest BCUT2D eigenvalue weighted by atomic mass is 19.4. The number of carbonyl (C=O) groups excluding carboxylic acids is 1. The molecule has 1 fully saturated rings. The van der Waals surface area contributed by atoms with Crippen molar-refractivity contribution in [2.24, 2.45) is 0 Å². The van der Waals surface area contributed by atoms with Crippen molar-refractivity contribution in [3.63, 3.8) is 0 Å². The molecular formula is C20H20F6N4O. The van der Waals surface area contributed by atoms with Crippen molar-refractivity contribution in [3.8, 4) is 0 Å². The van der Waals surface area contributed by atoms with E-state index in [9.17, 15) is 31.1 Å². The minimum Gasteiger partial charge on any atom is -0.354 e. The summed E-state index contributed by atoms with van der Waals surface area (Å²) in [7, 11) is 0. The molecule has 1 aliphatic heterocycles. The van der Waals surface area contributed by atoms with Crippen molar-refractivity contribution in [3.05, 3.63) is 53.2 Å². The van der Waals surface area contributed by atoms with Gasteiger partial charge in [0.05, 0.1) is 23.0 Å². The first-order valence-electron chi connectivity index (χ1n) is 9.51. The lowest BCUT2D eigenvalue weighted by molar-refractivity contribution is -0.143. The van der Waals surface area contributed by atoms with Crippen LogP contribution in [0.1, 0.15) is 28.4 Å². The SMILES string of the molecule is CCN1CCN(c2ccc(NC(=O)c3cc(C(F)(F)F)cc(C(F)(F)F)c3)cn2)CC1. The van der Waals surface area contributed by atoms with Gasteiger partial charge in [-0.25, -0.2) is 4.98 Å². The molecule has 1 saturated heterocycles. The normalized spacial score (nSPS) is 15.8. The highest BCUT2D eigenvalue weighted by Crippen LogP contribution is 2.36. The van der Waals surface area contributed by atoms with Crippen LogP contribution in [-0.4, -0.2) is 48.5 Å². The fourth-order valence-electron chi connectivity index (χ4n) is 3.23. The maximum absolute atomic E-state index is 13.0. The van der Waals surface area contributed by atoms with E-state index < -0.39 is 35.0 Å². The van der Waals surface area contributed by atoms with E-state index in [0.717, 1.165) is 32.7 Å². The van der Waals surface area contributed by atoms with E-state index in [1.54, 1.807) is 6.07 Å². The van der Waals surface area contributed by atoms with Crippen LogP contribution in [0.25, 0.3) is 0 Å². The van der Waals surface area contributed by atoms with Gasteiger partial charge in [-0.05, 0) is 36.9 Å². The van der Waals surface area contributed by atoms with Crippen LogP contribution in [-0.2, 0) is 12.4 Å². The van der Waals surface area contributed by atoms with Gasteiger partial charge in [0, 0.05) is 31.7 Å². The van der Waals surface area contributed by atoms with E-state index in [-0.39, 0.29) is 11.8 Å². The van der Waals surface area contributed by atoms with Crippen LogP contribution in [0.15, 0.2) is 36.5 Å². The van der Waals surface area contributed by atoms with E-state index >= 15 is 0 Å². The summed E-state index contributed by atoms with van der Waals surface area (Å²) in [4.78, 5) is 20.9. The molecule has 31 heavy (non-hydrogen) atoms. The lowest BCUT2D eigenvalue weighted by Crippen LogP contribution is -2.46. The molecule has 1 aromatic heterocycles. The topological polar surface area (TPSA) is 48.5 Å². The molecule has 0 saturated carbocycles. The molecule has 3 rings (SSSR count). The first-order valence-corrected chi connectivity index (χ1v) is 9.51. The molecule has 0 unspecified atom stereocenters. The van der Waals surface area contributed by atoms with Gasteiger partial charge in [-0.3, -0.25) is 4.79 Å². The van der Waals surface area contributed by atoms with E-state index in [1.165, 1.54) is 12.3 Å². The number of carbonyl (C=O) groups is 1. The number of nitrogens with one attached hydrogen (secondary N) is 1. The zero-order valence-electron chi connectivity index (χ0n) is 16.5. The van der Waals surface area contributed by atoms with Crippen molar-refractivity contribution in [1.82, 2.24) is 9.88 Å². The van der Waals surface area contributed by atoms with Crippen LogP contribution in [0.4, 0.5) is 37.8 Å². The molecular weight excluding hydrogens is 426 g/mol. The fraction of sp³-hybridized carbons (Fsp3) is 0.400. The van der Waals surface area contributed by atoms with Crippen molar-refractivity contribution in [2.75, 3.05) is 42.9 Å². The molecule has 1 aliphatic rings. The molecule has 1 aromatic carbocycles. The van der Waals surface area contributed by atoms with Crippen LogP contribution < -0.4 is 10.2 Å². The smallest absolute Gasteiger partial charge is 0.354 e. The second-order valence-electron chi connectivity index (χ2n) is 7.08.